The van der Waals surface area contributed by atoms with Crippen LogP contribution in [-0.4, -0.2) is 15.0 Å². The molecule has 0 fully saturated rings. The van der Waals surface area contributed by atoms with Crippen LogP contribution >= 0.6 is 0 Å². The molecule has 32 heavy (non-hydrogen) atoms. The lowest BCUT2D eigenvalue weighted by Crippen LogP contribution is -2.42. The Morgan fingerprint density at radius 1 is 0.969 bits per heavy atom. The molecule has 0 aliphatic heterocycles. The molecule has 0 unspecified atom stereocenters. The van der Waals surface area contributed by atoms with Gasteiger partial charge in [-0.25, -0.2) is 4.79 Å². The SMILES string of the molecule is O=C(Cn1c(=O)n(Cc2ccco2)c(=O)c2ccccc21)Nc1cccc(C(F)(F)F)c1. The maximum absolute atomic E-state index is 13.1. The van der Waals surface area contributed by atoms with Crippen LogP contribution in [0.15, 0.2) is 80.9 Å². The van der Waals surface area contributed by atoms with Crippen LogP contribution in [0, 0.1) is 0 Å². The number of furan rings is 1. The monoisotopic (exact) mass is 443 g/mol. The number of aromatic nitrogens is 2. The van der Waals surface area contributed by atoms with Crippen LogP contribution in [0.2, 0.25) is 0 Å². The molecule has 0 spiro atoms. The van der Waals surface area contributed by atoms with Crippen molar-refractivity contribution < 1.29 is 22.4 Å². The predicted molar refractivity (Wildman–Crippen MR) is 110 cm³/mol. The minimum Gasteiger partial charge on any atom is -0.467 e. The van der Waals surface area contributed by atoms with E-state index in [9.17, 15) is 27.6 Å². The summed E-state index contributed by atoms with van der Waals surface area (Å²) in [4.78, 5) is 38.5. The summed E-state index contributed by atoms with van der Waals surface area (Å²) in [6.07, 6.45) is -3.16. The smallest absolute Gasteiger partial charge is 0.416 e. The predicted octanol–water partition coefficient (Wildman–Crippen LogP) is 3.46. The Morgan fingerprint density at radius 3 is 2.47 bits per heavy atom. The second-order valence-electron chi connectivity index (χ2n) is 6.98. The number of nitrogens with zero attached hydrogens (tertiary/aromatic N) is 2. The molecular weight excluding hydrogens is 427 g/mol. The van der Waals surface area contributed by atoms with Crippen molar-refractivity contribution in [2.24, 2.45) is 0 Å². The van der Waals surface area contributed by atoms with E-state index >= 15 is 0 Å². The van der Waals surface area contributed by atoms with Gasteiger partial charge in [0.25, 0.3) is 5.56 Å². The van der Waals surface area contributed by atoms with Crippen LogP contribution < -0.4 is 16.6 Å². The van der Waals surface area contributed by atoms with E-state index in [4.69, 9.17) is 4.42 Å². The van der Waals surface area contributed by atoms with Crippen molar-refractivity contribution in [3.63, 3.8) is 0 Å². The molecule has 4 rings (SSSR count). The average molecular weight is 443 g/mol. The van der Waals surface area contributed by atoms with E-state index in [-0.39, 0.29) is 23.1 Å². The van der Waals surface area contributed by atoms with Crippen LogP contribution in [0.5, 0.6) is 0 Å². The summed E-state index contributed by atoms with van der Waals surface area (Å²) >= 11 is 0. The maximum Gasteiger partial charge on any atom is 0.416 e. The minimum atomic E-state index is -4.56. The van der Waals surface area contributed by atoms with Gasteiger partial charge in [-0.2, -0.15) is 13.2 Å². The van der Waals surface area contributed by atoms with Gasteiger partial charge in [0.15, 0.2) is 0 Å². The van der Waals surface area contributed by atoms with Gasteiger partial charge in [0.1, 0.15) is 12.3 Å². The highest BCUT2D eigenvalue weighted by Crippen LogP contribution is 2.30. The van der Waals surface area contributed by atoms with Crippen molar-refractivity contribution in [1.29, 1.82) is 0 Å². The first-order valence-corrected chi connectivity index (χ1v) is 9.46. The zero-order chi connectivity index (χ0) is 22.9. The Bertz CT molecular complexity index is 1400. The van der Waals surface area contributed by atoms with Gasteiger partial charge in [-0.3, -0.25) is 18.7 Å². The quantitative estimate of drug-likeness (QED) is 0.512. The number of hydrogen-bond acceptors (Lipinski definition) is 4. The second-order valence-corrected chi connectivity index (χ2v) is 6.98. The Balaban J connectivity index is 1.70. The Morgan fingerprint density at radius 2 is 1.75 bits per heavy atom. The fraction of sp³-hybridized carbons (Fsp3) is 0.136. The first-order valence-electron chi connectivity index (χ1n) is 9.46. The number of anilines is 1. The van der Waals surface area contributed by atoms with Gasteiger partial charge in [0, 0.05) is 5.69 Å². The standard InChI is InChI=1S/C22H16F3N3O4/c23-22(24,25)14-5-3-6-15(11-14)26-19(29)13-27-18-9-2-1-8-17(18)20(30)28(21(27)31)12-16-7-4-10-32-16/h1-11H,12-13H2,(H,26,29). The zero-order valence-corrected chi connectivity index (χ0v) is 16.4. The number of halogens is 3. The third-order valence-corrected chi connectivity index (χ3v) is 4.80. The van der Waals surface area contributed by atoms with Gasteiger partial charge in [-0.1, -0.05) is 18.2 Å². The molecule has 2 aromatic heterocycles. The molecule has 0 saturated heterocycles. The molecule has 0 radical (unpaired) electrons. The largest absolute Gasteiger partial charge is 0.467 e. The molecule has 1 N–H and O–H groups in total. The fourth-order valence-electron chi connectivity index (χ4n) is 3.34. The molecule has 164 valence electrons. The van der Waals surface area contributed by atoms with Gasteiger partial charge in [0.2, 0.25) is 5.91 Å². The van der Waals surface area contributed by atoms with E-state index in [0.717, 1.165) is 21.3 Å². The molecule has 0 aliphatic carbocycles. The molecule has 0 bridgehead atoms. The number of alkyl halides is 3. The number of nitrogens with one attached hydrogen (secondary N) is 1. The summed E-state index contributed by atoms with van der Waals surface area (Å²) < 4.78 is 46.0. The summed E-state index contributed by atoms with van der Waals surface area (Å²) in [5, 5.41) is 2.58. The highest BCUT2D eigenvalue weighted by molar-refractivity contribution is 5.91. The molecule has 0 aliphatic rings. The van der Waals surface area contributed by atoms with Crippen LogP contribution in [0.1, 0.15) is 11.3 Å². The third-order valence-electron chi connectivity index (χ3n) is 4.80. The zero-order valence-electron chi connectivity index (χ0n) is 16.4. The molecule has 2 aromatic carbocycles. The lowest BCUT2D eigenvalue weighted by Gasteiger charge is -2.14. The number of carbonyl (C=O) groups excluding carboxylic acids is 1. The van der Waals surface area contributed by atoms with E-state index in [0.29, 0.717) is 5.76 Å². The van der Waals surface area contributed by atoms with Gasteiger partial charge in [0.05, 0.1) is 29.3 Å². The number of rotatable bonds is 5. The summed E-state index contributed by atoms with van der Waals surface area (Å²) in [5.41, 5.74) is -2.03. The van der Waals surface area contributed by atoms with Crippen molar-refractivity contribution >= 4 is 22.5 Å². The highest BCUT2D eigenvalue weighted by atomic mass is 19.4. The molecule has 4 aromatic rings. The molecule has 10 heteroatoms. The normalized spacial score (nSPS) is 11.6. The van der Waals surface area contributed by atoms with Crippen LogP contribution in [-0.2, 0) is 24.1 Å². The number of carbonyl (C=O) groups is 1. The van der Waals surface area contributed by atoms with E-state index in [1.165, 1.54) is 30.5 Å². The van der Waals surface area contributed by atoms with Crippen molar-refractivity contribution in [1.82, 2.24) is 9.13 Å². The van der Waals surface area contributed by atoms with Gasteiger partial charge >= 0.3 is 11.9 Å². The first-order chi connectivity index (χ1) is 15.2. The number of amides is 1. The van der Waals surface area contributed by atoms with Crippen molar-refractivity contribution in [2.75, 3.05) is 5.32 Å². The Hall–Kier alpha value is -4.08. The summed E-state index contributed by atoms with van der Waals surface area (Å²) in [6.45, 7) is -0.640. The molecular formula is C22H16F3N3O4. The van der Waals surface area contributed by atoms with Gasteiger partial charge in [-0.15, -0.1) is 0 Å². The van der Waals surface area contributed by atoms with E-state index < -0.39 is 35.4 Å². The number of fused-ring (bicyclic) bond motifs is 1. The van der Waals surface area contributed by atoms with Crippen molar-refractivity contribution in [3.8, 4) is 0 Å². The molecule has 2 heterocycles. The number of benzene rings is 2. The molecule has 1 amide bonds. The minimum absolute atomic E-state index is 0.0638. The fourth-order valence-corrected chi connectivity index (χ4v) is 3.34. The van der Waals surface area contributed by atoms with Crippen LogP contribution in [0.4, 0.5) is 18.9 Å². The second kappa shape index (κ2) is 8.22. The molecule has 0 atom stereocenters. The van der Waals surface area contributed by atoms with E-state index in [1.54, 1.807) is 24.3 Å². The van der Waals surface area contributed by atoms with Crippen LogP contribution in [0.3, 0.4) is 0 Å². The summed E-state index contributed by atoms with van der Waals surface area (Å²) in [7, 11) is 0. The lowest BCUT2D eigenvalue weighted by atomic mass is 10.2. The Labute approximate surface area is 178 Å². The topological polar surface area (TPSA) is 86.2 Å². The number of hydrogen-bond donors (Lipinski definition) is 1. The van der Waals surface area contributed by atoms with Gasteiger partial charge < -0.3 is 9.73 Å². The molecule has 7 nitrogen and oxygen atoms in total. The average Bonchev–Trinajstić information content (AvgIpc) is 3.27. The lowest BCUT2D eigenvalue weighted by molar-refractivity contribution is -0.137. The molecule has 0 saturated carbocycles. The number of para-hydroxylation sites is 1. The summed E-state index contributed by atoms with van der Waals surface area (Å²) in [5.74, 6) is -0.348. The van der Waals surface area contributed by atoms with E-state index in [2.05, 4.69) is 5.32 Å². The first kappa shape index (κ1) is 21.2. The maximum atomic E-state index is 13.1. The van der Waals surface area contributed by atoms with Crippen molar-refractivity contribution in [3.05, 3.63) is 99.1 Å². The van der Waals surface area contributed by atoms with E-state index in [1.807, 2.05) is 0 Å². The van der Waals surface area contributed by atoms with Crippen molar-refractivity contribution in [2.45, 2.75) is 19.3 Å². The highest BCUT2D eigenvalue weighted by Gasteiger charge is 2.30. The van der Waals surface area contributed by atoms with Crippen LogP contribution in [0.25, 0.3) is 10.9 Å². The van der Waals surface area contributed by atoms with Gasteiger partial charge in [-0.05, 0) is 42.5 Å². The third kappa shape index (κ3) is 4.20. The Kier molecular flexibility index (Phi) is 5.43. The summed E-state index contributed by atoms with van der Waals surface area (Å²) in [6, 6.07) is 13.7.